The Labute approximate surface area is 138 Å². The highest BCUT2D eigenvalue weighted by Gasteiger charge is 2.11. The van der Waals surface area contributed by atoms with E-state index in [9.17, 15) is 4.39 Å². The van der Waals surface area contributed by atoms with Crippen molar-refractivity contribution in [1.82, 2.24) is 10.6 Å². The molecule has 0 heterocycles. The lowest BCUT2D eigenvalue weighted by molar-refractivity contribution is 0.501. The SMILES string of the molecule is CCNC(=NCc1ccc(C)c(F)c1)NC(C)(C)C.I. The molecule has 0 unspecified atom stereocenters. The second kappa shape index (κ2) is 8.44. The number of halogens is 2. The van der Waals surface area contributed by atoms with Crippen LogP contribution in [0.15, 0.2) is 23.2 Å². The molecule has 1 rings (SSSR count). The molecule has 0 aliphatic heterocycles. The number of hydrogen-bond donors (Lipinski definition) is 2. The summed E-state index contributed by atoms with van der Waals surface area (Å²) in [6, 6.07) is 5.23. The van der Waals surface area contributed by atoms with Crippen LogP contribution in [0, 0.1) is 12.7 Å². The maximum absolute atomic E-state index is 13.4. The molecular formula is C15H25FIN3. The molecule has 0 radical (unpaired) electrons. The predicted octanol–water partition coefficient (Wildman–Crippen LogP) is 3.61. The van der Waals surface area contributed by atoms with Gasteiger partial charge < -0.3 is 10.6 Å². The van der Waals surface area contributed by atoms with Crippen LogP contribution in [0.2, 0.25) is 0 Å². The second-order valence-electron chi connectivity index (χ2n) is 5.65. The van der Waals surface area contributed by atoms with Gasteiger partial charge in [-0.1, -0.05) is 12.1 Å². The molecule has 0 aliphatic rings. The standard InChI is InChI=1S/C15H24FN3.HI/c1-6-17-14(19-15(3,4)5)18-10-12-8-7-11(2)13(16)9-12;/h7-9H,6,10H2,1-5H3,(H2,17,18,19);1H. The first-order valence-electron chi connectivity index (χ1n) is 6.63. The number of benzene rings is 1. The van der Waals surface area contributed by atoms with Gasteiger partial charge in [0.1, 0.15) is 5.82 Å². The maximum Gasteiger partial charge on any atom is 0.191 e. The van der Waals surface area contributed by atoms with Crippen molar-refractivity contribution in [2.45, 2.75) is 46.7 Å². The van der Waals surface area contributed by atoms with Crippen molar-refractivity contribution in [3.63, 3.8) is 0 Å². The largest absolute Gasteiger partial charge is 0.357 e. The Balaban J connectivity index is 0.00000361. The summed E-state index contributed by atoms with van der Waals surface area (Å²) in [6.45, 7) is 11.3. The molecule has 20 heavy (non-hydrogen) atoms. The summed E-state index contributed by atoms with van der Waals surface area (Å²) >= 11 is 0. The molecule has 0 bridgehead atoms. The molecule has 0 atom stereocenters. The smallest absolute Gasteiger partial charge is 0.191 e. The van der Waals surface area contributed by atoms with Crippen molar-refractivity contribution in [2.75, 3.05) is 6.54 Å². The minimum absolute atomic E-state index is 0. The van der Waals surface area contributed by atoms with Crippen LogP contribution in [0.4, 0.5) is 4.39 Å². The quantitative estimate of drug-likeness (QED) is 0.468. The number of nitrogens with zero attached hydrogens (tertiary/aromatic N) is 1. The number of nitrogens with one attached hydrogen (secondary N) is 2. The summed E-state index contributed by atoms with van der Waals surface area (Å²) in [4.78, 5) is 4.47. The fourth-order valence-electron chi connectivity index (χ4n) is 1.57. The van der Waals surface area contributed by atoms with Crippen LogP contribution in [-0.4, -0.2) is 18.0 Å². The third kappa shape index (κ3) is 7.07. The monoisotopic (exact) mass is 393 g/mol. The number of aryl methyl sites for hydroxylation is 1. The van der Waals surface area contributed by atoms with Crippen molar-refractivity contribution in [3.8, 4) is 0 Å². The first-order valence-corrected chi connectivity index (χ1v) is 6.63. The van der Waals surface area contributed by atoms with Gasteiger partial charge in [-0.25, -0.2) is 9.38 Å². The number of aliphatic imine (C=N–C) groups is 1. The van der Waals surface area contributed by atoms with Gasteiger partial charge in [0.25, 0.3) is 0 Å². The predicted molar refractivity (Wildman–Crippen MR) is 94.3 cm³/mol. The summed E-state index contributed by atoms with van der Waals surface area (Å²) < 4.78 is 13.4. The zero-order chi connectivity index (χ0) is 14.5. The highest BCUT2D eigenvalue weighted by molar-refractivity contribution is 14.0. The van der Waals surface area contributed by atoms with Crippen LogP contribution in [0.1, 0.15) is 38.8 Å². The lowest BCUT2D eigenvalue weighted by Crippen LogP contribution is -2.47. The molecule has 5 heteroatoms. The van der Waals surface area contributed by atoms with Gasteiger partial charge in [-0.2, -0.15) is 0 Å². The van der Waals surface area contributed by atoms with Gasteiger partial charge >= 0.3 is 0 Å². The Morgan fingerprint density at radius 2 is 1.95 bits per heavy atom. The highest BCUT2D eigenvalue weighted by Crippen LogP contribution is 2.10. The average Bonchev–Trinajstić information content (AvgIpc) is 2.29. The normalized spacial score (nSPS) is 11.8. The minimum atomic E-state index is -0.179. The number of guanidine groups is 1. The van der Waals surface area contributed by atoms with E-state index in [0.29, 0.717) is 12.1 Å². The van der Waals surface area contributed by atoms with Crippen molar-refractivity contribution in [2.24, 2.45) is 4.99 Å². The topological polar surface area (TPSA) is 36.4 Å². The minimum Gasteiger partial charge on any atom is -0.357 e. The molecule has 0 aliphatic carbocycles. The zero-order valence-electron chi connectivity index (χ0n) is 12.9. The summed E-state index contributed by atoms with van der Waals surface area (Å²) in [5.74, 6) is 0.567. The van der Waals surface area contributed by atoms with Gasteiger partial charge in [0.05, 0.1) is 6.54 Å². The summed E-state index contributed by atoms with van der Waals surface area (Å²) in [6.07, 6.45) is 0. The molecule has 0 amide bonds. The van der Waals surface area contributed by atoms with Crippen LogP contribution in [-0.2, 0) is 6.54 Å². The van der Waals surface area contributed by atoms with E-state index in [0.717, 1.165) is 18.1 Å². The molecule has 0 saturated heterocycles. The summed E-state index contributed by atoms with van der Waals surface area (Å²) in [5, 5.41) is 6.48. The van der Waals surface area contributed by atoms with Crippen molar-refractivity contribution < 1.29 is 4.39 Å². The van der Waals surface area contributed by atoms with E-state index in [4.69, 9.17) is 0 Å². The average molecular weight is 393 g/mol. The van der Waals surface area contributed by atoms with Crippen LogP contribution in [0.25, 0.3) is 0 Å². The Bertz CT molecular complexity index is 453. The fourth-order valence-corrected chi connectivity index (χ4v) is 1.57. The van der Waals surface area contributed by atoms with Crippen LogP contribution in [0.3, 0.4) is 0 Å². The molecule has 1 aromatic rings. The Kier molecular flexibility index (Phi) is 8.08. The summed E-state index contributed by atoms with van der Waals surface area (Å²) in [5.41, 5.74) is 1.47. The molecule has 1 aromatic carbocycles. The van der Waals surface area contributed by atoms with Crippen molar-refractivity contribution in [3.05, 3.63) is 35.1 Å². The van der Waals surface area contributed by atoms with Crippen molar-refractivity contribution in [1.29, 1.82) is 0 Å². The van der Waals surface area contributed by atoms with Gasteiger partial charge in [-0.05, 0) is 51.8 Å². The molecule has 0 saturated carbocycles. The van der Waals surface area contributed by atoms with Crippen molar-refractivity contribution >= 4 is 29.9 Å². The highest BCUT2D eigenvalue weighted by atomic mass is 127. The van der Waals surface area contributed by atoms with Crippen LogP contribution < -0.4 is 10.6 Å². The molecular weight excluding hydrogens is 368 g/mol. The zero-order valence-corrected chi connectivity index (χ0v) is 15.2. The molecule has 0 fully saturated rings. The van der Waals surface area contributed by atoms with E-state index in [1.807, 2.05) is 13.0 Å². The molecule has 114 valence electrons. The van der Waals surface area contributed by atoms with Gasteiger partial charge in [0, 0.05) is 12.1 Å². The third-order valence-electron chi connectivity index (χ3n) is 2.49. The van der Waals surface area contributed by atoms with Gasteiger partial charge in [0.2, 0.25) is 0 Å². The third-order valence-corrected chi connectivity index (χ3v) is 2.49. The maximum atomic E-state index is 13.4. The number of rotatable bonds is 3. The van der Waals surface area contributed by atoms with Crippen LogP contribution >= 0.6 is 24.0 Å². The molecule has 2 N–H and O–H groups in total. The van der Waals surface area contributed by atoms with E-state index >= 15 is 0 Å². The van der Waals surface area contributed by atoms with E-state index in [1.54, 1.807) is 19.1 Å². The molecule has 0 spiro atoms. The van der Waals surface area contributed by atoms with E-state index < -0.39 is 0 Å². The van der Waals surface area contributed by atoms with E-state index in [1.165, 1.54) is 0 Å². The Hall–Kier alpha value is -0.850. The number of hydrogen-bond acceptors (Lipinski definition) is 1. The molecule has 0 aromatic heterocycles. The van der Waals surface area contributed by atoms with E-state index in [-0.39, 0.29) is 35.3 Å². The van der Waals surface area contributed by atoms with E-state index in [2.05, 4.69) is 36.4 Å². The molecule has 3 nitrogen and oxygen atoms in total. The second-order valence-corrected chi connectivity index (χ2v) is 5.65. The van der Waals surface area contributed by atoms with Gasteiger partial charge in [-0.15, -0.1) is 24.0 Å². The lowest BCUT2D eigenvalue weighted by Gasteiger charge is -2.23. The first-order chi connectivity index (χ1) is 8.81. The van der Waals surface area contributed by atoms with Gasteiger partial charge in [0.15, 0.2) is 5.96 Å². The Morgan fingerprint density at radius 3 is 2.45 bits per heavy atom. The van der Waals surface area contributed by atoms with Crippen LogP contribution in [0.5, 0.6) is 0 Å². The van der Waals surface area contributed by atoms with Gasteiger partial charge in [-0.3, -0.25) is 0 Å². The Morgan fingerprint density at radius 1 is 1.30 bits per heavy atom. The first kappa shape index (κ1) is 19.1. The fraction of sp³-hybridized carbons (Fsp3) is 0.533. The lowest BCUT2D eigenvalue weighted by atomic mass is 10.1. The summed E-state index contributed by atoms with van der Waals surface area (Å²) in [7, 11) is 0.